The van der Waals surface area contributed by atoms with Crippen LogP contribution in [0.1, 0.15) is 46.1 Å². The third kappa shape index (κ3) is 6.89. The molecule has 1 heterocycles. The van der Waals surface area contributed by atoms with Crippen LogP contribution in [0.25, 0.3) is 0 Å². The second-order valence-corrected chi connectivity index (χ2v) is 11.2. The molecule has 0 unspecified atom stereocenters. The van der Waals surface area contributed by atoms with Crippen LogP contribution in [0, 0.1) is 0 Å². The first-order chi connectivity index (χ1) is 18.1. The second-order valence-electron chi connectivity index (χ2n) is 9.06. The molecule has 1 aliphatic rings. The molecule has 0 radical (unpaired) electrons. The summed E-state index contributed by atoms with van der Waals surface area (Å²) >= 11 is 0. The van der Waals surface area contributed by atoms with Gasteiger partial charge in [-0.05, 0) is 56.5 Å². The van der Waals surface area contributed by atoms with Gasteiger partial charge in [0.2, 0.25) is 28.6 Å². The maximum absolute atomic E-state index is 13.9. The quantitative estimate of drug-likeness (QED) is 0.409. The van der Waals surface area contributed by atoms with Crippen molar-refractivity contribution in [1.29, 1.82) is 0 Å². The van der Waals surface area contributed by atoms with Crippen molar-refractivity contribution in [3.05, 3.63) is 48.0 Å². The molecule has 2 aromatic carbocycles. The van der Waals surface area contributed by atoms with Crippen LogP contribution < -0.4 is 23.8 Å². The Balaban J connectivity index is 1.98. The summed E-state index contributed by atoms with van der Waals surface area (Å²) in [5.74, 6) is 0.513. The Bertz CT molecular complexity index is 1230. The molecule has 0 fully saturated rings. The molecular formula is C27H37N3O7S. The van der Waals surface area contributed by atoms with Gasteiger partial charge in [0.15, 0.2) is 11.5 Å². The lowest BCUT2D eigenvalue weighted by Gasteiger charge is -2.33. The molecule has 0 aromatic heterocycles. The SMILES string of the molecule is CC[C@H](C)NC(=O)[C@H](CC)N(Cc1cccc(OC)c1)C(=O)CN(c1ccc2c(c1)OCO2)S(=O)(=O)CC. The second kappa shape index (κ2) is 12.9. The van der Waals surface area contributed by atoms with E-state index in [0.717, 1.165) is 16.3 Å². The Morgan fingerprint density at radius 3 is 2.45 bits per heavy atom. The van der Waals surface area contributed by atoms with Crippen molar-refractivity contribution < 1.29 is 32.2 Å². The molecule has 0 saturated carbocycles. The summed E-state index contributed by atoms with van der Waals surface area (Å²) in [7, 11) is -2.30. The van der Waals surface area contributed by atoms with E-state index in [9.17, 15) is 18.0 Å². The zero-order valence-corrected chi connectivity index (χ0v) is 23.4. The van der Waals surface area contributed by atoms with E-state index in [0.29, 0.717) is 23.7 Å². The Morgan fingerprint density at radius 1 is 1.05 bits per heavy atom. The van der Waals surface area contributed by atoms with Crippen molar-refractivity contribution in [1.82, 2.24) is 10.2 Å². The average Bonchev–Trinajstić information content (AvgIpc) is 3.39. The number of anilines is 1. The molecule has 2 atom stereocenters. The smallest absolute Gasteiger partial charge is 0.244 e. The highest BCUT2D eigenvalue weighted by Gasteiger charge is 2.33. The van der Waals surface area contributed by atoms with Gasteiger partial charge in [-0.1, -0.05) is 26.0 Å². The summed E-state index contributed by atoms with van der Waals surface area (Å²) in [6.07, 6.45) is 1.08. The Labute approximate surface area is 224 Å². The van der Waals surface area contributed by atoms with Crippen molar-refractivity contribution in [3.8, 4) is 17.2 Å². The van der Waals surface area contributed by atoms with Crippen LogP contribution in [-0.2, 0) is 26.2 Å². The Morgan fingerprint density at radius 2 is 1.79 bits per heavy atom. The number of fused-ring (bicyclic) bond motifs is 1. The monoisotopic (exact) mass is 547 g/mol. The number of sulfonamides is 1. The van der Waals surface area contributed by atoms with Crippen molar-refractivity contribution >= 4 is 27.5 Å². The Hall–Kier alpha value is -3.47. The Kier molecular flexibility index (Phi) is 9.84. The van der Waals surface area contributed by atoms with Crippen LogP contribution in [0.3, 0.4) is 0 Å². The summed E-state index contributed by atoms with van der Waals surface area (Å²) in [5.41, 5.74) is 1.03. The fourth-order valence-corrected chi connectivity index (χ4v) is 5.14. The average molecular weight is 548 g/mol. The normalized spacial score (nSPS) is 13.9. The van der Waals surface area contributed by atoms with Gasteiger partial charge in [-0.15, -0.1) is 0 Å². The minimum atomic E-state index is -3.85. The number of carbonyl (C=O) groups is 2. The first-order valence-corrected chi connectivity index (χ1v) is 14.4. The van der Waals surface area contributed by atoms with Gasteiger partial charge in [0, 0.05) is 18.7 Å². The first-order valence-electron chi connectivity index (χ1n) is 12.8. The first kappa shape index (κ1) is 29.1. The van der Waals surface area contributed by atoms with Crippen molar-refractivity contribution in [3.63, 3.8) is 0 Å². The van der Waals surface area contributed by atoms with Crippen molar-refractivity contribution in [2.24, 2.45) is 0 Å². The number of hydrogen-bond donors (Lipinski definition) is 1. The van der Waals surface area contributed by atoms with E-state index in [1.54, 1.807) is 43.5 Å². The van der Waals surface area contributed by atoms with E-state index in [1.807, 2.05) is 26.8 Å². The van der Waals surface area contributed by atoms with Crippen LogP contribution >= 0.6 is 0 Å². The molecule has 10 nitrogen and oxygen atoms in total. The minimum Gasteiger partial charge on any atom is -0.497 e. The van der Waals surface area contributed by atoms with Crippen LogP contribution in [-0.4, -0.2) is 63.4 Å². The third-order valence-corrected chi connectivity index (χ3v) is 8.24. The molecule has 0 spiro atoms. The van der Waals surface area contributed by atoms with E-state index < -0.39 is 28.5 Å². The molecule has 38 heavy (non-hydrogen) atoms. The fourth-order valence-electron chi connectivity index (χ4n) is 4.09. The summed E-state index contributed by atoms with van der Waals surface area (Å²) in [6.45, 7) is 6.86. The third-order valence-electron chi connectivity index (χ3n) is 6.50. The van der Waals surface area contributed by atoms with Gasteiger partial charge >= 0.3 is 0 Å². The molecule has 1 N–H and O–H groups in total. The highest BCUT2D eigenvalue weighted by atomic mass is 32.2. The van der Waals surface area contributed by atoms with E-state index in [-0.39, 0.29) is 36.7 Å². The van der Waals surface area contributed by atoms with Crippen molar-refractivity contribution in [2.45, 2.75) is 59.2 Å². The predicted octanol–water partition coefficient (Wildman–Crippen LogP) is 3.30. The highest BCUT2D eigenvalue weighted by molar-refractivity contribution is 7.92. The number of nitrogens with zero attached hydrogens (tertiary/aromatic N) is 2. The number of amides is 2. The minimum absolute atomic E-state index is 0.0377. The summed E-state index contributed by atoms with van der Waals surface area (Å²) < 4.78 is 43.4. The number of nitrogens with one attached hydrogen (secondary N) is 1. The lowest BCUT2D eigenvalue weighted by atomic mass is 10.1. The zero-order valence-electron chi connectivity index (χ0n) is 22.6. The molecular weight excluding hydrogens is 510 g/mol. The van der Waals surface area contributed by atoms with Crippen LogP contribution in [0.4, 0.5) is 5.69 Å². The molecule has 0 aliphatic carbocycles. The molecule has 1 aliphatic heterocycles. The van der Waals surface area contributed by atoms with Crippen LogP contribution in [0.5, 0.6) is 17.2 Å². The largest absolute Gasteiger partial charge is 0.497 e. The fraction of sp³-hybridized carbons (Fsp3) is 0.481. The summed E-state index contributed by atoms with van der Waals surface area (Å²) in [6, 6.07) is 11.1. The topological polar surface area (TPSA) is 114 Å². The molecule has 0 saturated heterocycles. The van der Waals surface area contributed by atoms with Gasteiger partial charge < -0.3 is 24.4 Å². The summed E-state index contributed by atoms with van der Waals surface area (Å²) in [5, 5.41) is 2.96. The highest BCUT2D eigenvalue weighted by Crippen LogP contribution is 2.36. The number of carbonyl (C=O) groups excluding carboxylic acids is 2. The van der Waals surface area contributed by atoms with Crippen LogP contribution in [0.15, 0.2) is 42.5 Å². The molecule has 2 aromatic rings. The molecule has 2 amide bonds. The number of rotatable bonds is 13. The van der Waals surface area contributed by atoms with Gasteiger partial charge in [0.05, 0.1) is 18.6 Å². The number of methoxy groups -OCH3 is 1. The van der Waals surface area contributed by atoms with Gasteiger partial charge in [0.25, 0.3) is 0 Å². The van der Waals surface area contributed by atoms with Crippen LogP contribution in [0.2, 0.25) is 0 Å². The predicted molar refractivity (Wildman–Crippen MR) is 145 cm³/mol. The molecule has 3 rings (SSSR count). The molecule has 0 bridgehead atoms. The molecule has 11 heteroatoms. The van der Waals surface area contributed by atoms with E-state index in [2.05, 4.69) is 5.32 Å². The van der Waals surface area contributed by atoms with Crippen molar-refractivity contribution in [2.75, 3.05) is 30.5 Å². The van der Waals surface area contributed by atoms with Gasteiger partial charge in [-0.2, -0.15) is 0 Å². The van der Waals surface area contributed by atoms with Gasteiger partial charge in [-0.3, -0.25) is 13.9 Å². The number of benzene rings is 2. The standard InChI is InChI=1S/C27H37N3O7S/c1-6-19(4)28-27(32)23(7-2)29(16-20-10-9-11-22(14-20)35-5)26(31)17-30(38(33,34)8-3)21-12-13-24-25(15-21)37-18-36-24/h9-15,19,23H,6-8,16-18H2,1-5H3,(H,28,32)/t19-,23-/m0/s1. The van der Waals surface area contributed by atoms with Gasteiger partial charge in [-0.25, -0.2) is 8.42 Å². The maximum atomic E-state index is 13.9. The lowest BCUT2D eigenvalue weighted by molar-refractivity contribution is -0.140. The van der Waals surface area contributed by atoms with E-state index >= 15 is 0 Å². The van der Waals surface area contributed by atoms with E-state index in [4.69, 9.17) is 14.2 Å². The van der Waals surface area contributed by atoms with Gasteiger partial charge in [0.1, 0.15) is 18.3 Å². The zero-order chi connectivity index (χ0) is 27.9. The lowest BCUT2D eigenvalue weighted by Crippen LogP contribution is -2.53. The number of hydrogen-bond acceptors (Lipinski definition) is 7. The van der Waals surface area contributed by atoms with E-state index in [1.165, 1.54) is 11.8 Å². The number of ether oxygens (including phenoxy) is 3. The molecule has 208 valence electrons. The summed E-state index contributed by atoms with van der Waals surface area (Å²) in [4.78, 5) is 28.6. The maximum Gasteiger partial charge on any atom is 0.244 e.